The highest BCUT2D eigenvalue weighted by atomic mass is 32.1. The van der Waals surface area contributed by atoms with Gasteiger partial charge in [-0.3, -0.25) is 14.4 Å². The summed E-state index contributed by atoms with van der Waals surface area (Å²) in [6.07, 6.45) is -0.426. The molecule has 2 aromatic heterocycles. The van der Waals surface area contributed by atoms with Crippen LogP contribution < -0.4 is 9.47 Å². The lowest BCUT2D eigenvalue weighted by Crippen LogP contribution is -2.07. The topological polar surface area (TPSA) is 108 Å². The van der Waals surface area contributed by atoms with E-state index in [2.05, 4.69) is 0 Å². The van der Waals surface area contributed by atoms with Gasteiger partial charge in [-0.05, 0) is 102 Å². The van der Waals surface area contributed by atoms with Crippen molar-refractivity contribution in [2.24, 2.45) is 0 Å². The van der Waals surface area contributed by atoms with Gasteiger partial charge in [0.2, 0.25) is 5.78 Å². The number of hydrogen-bond donors (Lipinski definition) is 1. The fourth-order valence-electron chi connectivity index (χ4n) is 5.63. The van der Waals surface area contributed by atoms with Gasteiger partial charge in [0.05, 0.1) is 45.2 Å². The van der Waals surface area contributed by atoms with Crippen LogP contribution in [0.3, 0.4) is 0 Å². The largest absolute Gasteiger partial charge is 0.497 e. The zero-order valence-electron chi connectivity index (χ0n) is 30.6. The molecule has 0 radical (unpaired) electrons. The van der Waals surface area contributed by atoms with Crippen LogP contribution in [-0.4, -0.2) is 50.3 Å². The number of rotatable bonds is 14. The van der Waals surface area contributed by atoms with E-state index in [0.29, 0.717) is 23.7 Å². The molecule has 0 spiro atoms. The zero-order chi connectivity index (χ0) is 38.5. The summed E-state index contributed by atoms with van der Waals surface area (Å²) in [7, 11) is 3.24. The lowest BCUT2D eigenvalue weighted by Gasteiger charge is -2.08. The second-order valence-electron chi connectivity index (χ2n) is 11.9. The third kappa shape index (κ3) is 10.3. The predicted octanol–water partition coefficient (Wildman–Crippen LogP) is 9.37. The monoisotopic (exact) mass is 762 g/mol. The Balaban J connectivity index is 0.000000208. The van der Waals surface area contributed by atoms with E-state index in [0.717, 1.165) is 53.9 Å². The van der Waals surface area contributed by atoms with Crippen molar-refractivity contribution in [2.45, 2.75) is 32.8 Å². The normalized spacial score (nSPS) is 11.1. The number of aliphatic hydroxyl groups is 1. The van der Waals surface area contributed by atoms with Gasteiger partial charge < -0.3 is 24.1 Å². The van der Waals surface area contributed by atoms with Gasteiger partial charge in [-0.25, -0.2) is 0 Å². The Labute approximate surface area is 323 Å². The standard InChI is InChI=1S/C22H22O4S.C22H20O4S/c2*1-3-26-20(23)14-17-13-19(21(24)15-7-5-4-6-8-15)27-22(17)16-9-11-18(25-2)12-10-16/h4-13,21,24H,3,14H2,1-2H3;4-13H,3,14H2,1-2H3. The number of thiophene rings is 2. The maximum atomic E-state index is 12.8. The molecule has 10 heteroatoms. The van der Waals surface area contributed by atoms with E-state index in [9.17, 15) is 19.5 Å². The fourth-order valence-corrected chi connectivity index (χ4v) is 7.98. The van der Waals surface area contributed by atoms with Gasteiger partial charge in [0, 0.05) is 20.2 Å². The maximum Gasteiger partial charge on any atom is 0.310 e. The lowest BCUT2D eigenvalue weighted by molar-refractivity contribution is -0.143. The Hall–Kier alpha value is -5.55. The Morgan fingerprint density at radius 3 is 1.56 bits per heavy atom. The molecule has 278 valence electrons. The molecule has 1 atom stereocenters. The Bertz CT molecular complexity index is 2120. The summed E-state index contributed by atoms with van der Waals surface area (Å²) in [5.41, 5.74) is 5.01. The van der Waals surface area contributed by atoms with Gasteiger partial charge in [-0.15, -0.1) is 22.7 Å². The van der Waals surface area contributed by atoms with Gasteiger partial charge in [0.15, 0.2) is 0 Å². The molecule has 0 saturated heterocycles. The van der Waals surface area contributed by atoms with Crippen LogP contribution in [-0.2, 0) is 31.9 Å². The molecule has 0 amide bonds. The number of benzene rings is 4. The highest BCUT2D eigenvalue weighted by Gasteiger charge is 2.21. The second-order valence-corrected chi connectivity index (χ2v) is 14.0. The molecule has 0 bridgehead atoms. The van der Waals surface area contributed by atoms with Crippen LogP contribution in [0, 0.1) is 0 Å². The molecule has 1 unspecified atom stereocenters. The average molecular weight is 763 g/mol. The highest BCUT2D eigenvalue weighted by molar-refractivity contribution is 7.17. The van der Waals surface area contributed by atoms with Crippen molar-refractivity contribution in [3.63, 3.8) is 0 Å². The van der Waals surface area contributed by atoms with E-state index >= 15 is 0 Å². The number of carbonyl (C=O) groups is 3. The van der Waals surface area contributed by atoms with Gasteiger partial charge in [-0.1, -0.05) is 60.7 Å². The first-order valence-electron chi connectivity index (χ1n) is 17.4. The summed E-state index contributed by atoms with van der Waals surface area (Å²) in [5.74, 6) is 0.898. The molecule has 6 aromatic rings. The molecule has 4 aromatic carbocycles. The van der Waals surface area contributed by atoms with Crippen molar-refractivity contribution in [3.8, 4) is 32.4 Å². The number of hydrogen-bond acceptors (Lipinski definition) is 10. The summed E-state index contributed by atoms with van der Waals surface area (Å²) < 4.78 is 20.6. The van der Waals surface area contributed by atoms with Gasteiger partial charge in [0.25, 0.3) is 0 Å². The number of esters is 2. The lowest BCUT2D eigenvalue weighted by atomic mass is 10.0. The first kappa shape index (κ1) is 39.7. The predicted molar refractivity (Wildman–Crippen MR) is 214 cm³/mol. The molecular weight excluding hydrogens is 721 g/mol. The summed E-state index contributed by atoms with van der Waals surface area (Å²) >= 11 is 2.88. The summed E-state index contributed by atoms with van der Waals surface area (Å²) in [4.78, 5) is 40.1. The molecule has 2 heterocycles. The summed E-state index contributed by atoms with van der Waals surface area (Å²) in [6, 6.07) is 37.6. The van der Waals surface area contributed by atoms with Crippen LogP contribution in [0.1, 0.15) is 56.8 Å². The summed E-state index contributed by atoms with van der Waals surface area (Å²) in [6.45, 7) is 4.25. The minimum atomic E-state index is -0.732. The van der Waals surface area contributed by atoms with Crippen molar-refractivity contribution in [3.05, 3.63) is 153 Å². The third-order valence-electron chi connectivity index (χ3n) is 8.27. The van der Waals surface area contributed by atoms with Gasteiger partial charge >= 0.3 is 11.9 Å². The number of ketones is 1. The van der Waals surface area contributed by atoms with E-state index in [1.807, 2.05) is 103 Å². The van der Waals surface area contributed by atoms with Crippen LogP contribution in [0.2, 0.25) is 0 Å². The first-order chi connectivity index (χ1) is 26.2. The quantitative estimate of drug-likeness (QED) is 0.0864. The number of methoxy groups -OCH3 is 2. The Kier molecular flexibility index (Phi) is 14.3. The molecule has 0 fully saturated rings. The van der Waals surface area contributed by atoms with E-state index in [1.54, 1.807) is 46.3 Å². The van der Waals surface area contributed by atoms with E-state index in [4.69, 9.17) is 18.9 Å². The van der Waals surface area contributed by atoms with Crippen molar-refractivity contribution in [2.75, 3.05) is 27.4 Å². The zero-order valence-corrected chi connectivity index (χ0v) is 32.2. The van der Waals surface area contributed by atoms with E-state index in [-0.39, 0.29) is 30.6 Å². The third-order valence-corrected chi connectivity index (χ3v) is 10.8. The van der Waals surface area contributed by atoms with Gasteiger partial charge in [-0.2, -0.15) is 0 Å². The molecule has 1 N–H and O–H groups in total. The van der Waals surface area contributed by atoms with E-state index in [1.165, 1.54) is 22.7 Å². The van der Waals surface area contributed by atoms with E-state index < -0.39 is 6.10 Å². The first-order valence-corrected chi connectivity index (χ1v) is 19.1. The molecule has 0 aliphatic rings. The van der Waals surface area contributed by atoms with Crippen molar-refractivity contribution in [1.29, 1.82) is 0 Å². The molecule has 54 heavy (non-hydrogen) atoms. The minimum absolute atomic E-state index is 0.0505. The molecule has 0 aliphatic heterocycles. The highest BCUT2D eigenvalue weighted by Crippen LogP contribution is 2.39. The van der Waals surface area contributed by atoms with Gasteiger partial charge in [0.1, 0.15) is 17.6 Å². The fraction of sp³-hybridized carbons (Fsp3) is 0.205. The van der Waals surface area contributed by atoms with Crippen LogP contribution in [0.4, 0.5) is 0 Å². The number of carbonyl (C=O) groups excluding carboxylic acids is 3. The molecule has 6 rings (SSSR count). The average Bonchev–Trinajstić information content (AvgIpc) is 3.83. The van der Waals surface area contributed by atoms with Crippen LogP contribution in [0.25, 0.3) is 20.9 Å². The number of aliphatic hydroxyl groups excluding tert-OH is 1. The maximum absolute atomic E-state index is 12.8. The summed E-state index contributed by atoms with van der Waals surface area (Å²) in [5, 5.41) is 10.8. The molecule has 8 nitrogen and oxygen atoms in total. The second kappa shape index (κ2) is 19.5. The van der Waals surface area contributed by atoms with Crippen molar-refractivity contribution >= 4 is 40.4 Å². The van der Waals surface area contributed by atoms with Crippen LogP contribution in [0.5, 0.6) is 11.5 Å². The number of ether oxygens (including phenoxy) is 4. The molecule has 0 saturated carbocycles. The van der Waals surface area contributed by atoms with Crippen LogP contribution in [0.15, 0.2) is 121 Å². The van der Waals surface area contributed by atoms with Crippen molar-refractivity contribution in [1.82, 2.24) is 0 Å². The molecule has 0 aliphatic carbocycles. The minimum Gasteiger partial charge on any atom is -0.497 e. The van der Waals surface area contributed by atoms with Crippen molar-refractivity contribution < 1.29 is 38.4 Å². The smallest absolute Gasteiger partial charge is 0.310 e. The molecular formula is C44H42O8S2. The Morgan fingerprint density at radius 2 is 1.07 bits per heavy atom. The SMILES string of the molecule is CCOC(=O)Cc1cc(C(=O)c2ccccc2)sc1-c1ccc(OC)cc1.CCOC(=O)Cc1cc(C(O)c2ccccc2)sc1-c1ccc(OC)cc1. The Morgan fingerprint density at radius 1 is 0.611 bits per heavy atom. The van der Waals surface area contributed by atoms with Crippen LogP contribution >= 0.6 is 22.7 Å².